The highest BCUT2D eigenvalue weighted by Crippen LogP contribution is 2.37. The maximum atomic E-state index is 14.4. The van der Waals surface area contributed by atoms with Gasteiger partial charge >= 0.3 is 5.97 Å². The third-order valence-electron chi connectivity index (χ3n) is 4.73. The molecule has 0 radical (unpaired) electrons. The fourth-order valence-electron chi connectivity index (χ4n) is 3.36. The molecule has 154 valence electrons. The van der Waals surface area contributed by atoms with E-state index >= 15 is 0 Å². The average molecular weight is 423 g/mol. The Morgan fingerprint density at radius 1 is 1.07 bits per heavy atom. The fourth-order valence-corrected chi connectivity index (χ4v) is 4.13. The topological polar surface area (TPSA) is 80.8 Å². The van der Waals surface area contributed by atoms with Gasteiger partial charge in [0.25, 0.3) is 11.8 Å². The van der Waals surface area contributed by atoms with Crippen molar-refractivity contribution in [2.75, 3.05) is 17.3 Å². The van der Waals surface area contributed by atoms with Crippen LogP contribution < -0.4 is 4.90 Å². The SMILES string of the molecule is CCOC(=O)CCSC(=O)c1cc(N2C(=O)C3=C(CCCC3)C2=O)c(F)cc1F. The Morgan fingerprint density at radius 2 is 1.69 bits per heavy atom. The molecule has 2 aliphatic rings. The molecule has 2 amide bonds. The second-order valence-corrected chi connectivity index (χ2v) is 7.65. The van der Waals surface area contributed by atoms with Crippen LogP contribution >= 0.6 is 11.8 Å². The monoisotopic (exact) mass is 423 g/mol. The molecule has 3 rings (SSSR count). The molecule has 0 bridgehead atoms. The molecule has 0 fully saturated rings. The van der Waals surface area contributed by atoms with E-state index < -0.39 is 45.8 Å². The molecule has 9 heteroatoms. The van der Waals surface area contributed by atoms with Crippen molar-refractivity contribution in [2.24, 2.45) is 0 Å². The van der Waals surface area contributed by atoms with Gasteiger partial charge < -0.3 is 4.74 Å². The van der Waals surface area contributed by atoms with E-state index in [1.165, 1.54) is 0 Å². The zero-order valence-electron chi connectivity index (χ0n) is 15.8. The summed E-state index contributed by atoms with van der Waals surface area (Å²) in [5.74, 6) is -3.87. The summed E-state index contributed by atoms with van der Waals surface area (Å²) in [5.41, 5.74) is -0.172. The van der Waals surface area contributed by atoms with Gasteiger partial charge in [0.05, 0.1) is 24.3 Å². The number of rotatable bonds is 6. The van der Waals surface area contributed by atoms with Crippen LogP contribution in [0.1, 0.15) is 49.4 Å². The highest BCUT2D eigenvalue weighted by molar-refractivity contribution is 8.14. The summed E-state index contributed by atoms with van der Waals surface area (Å²) >= 11 is 0.676. The van der Waals surface area contributed by atoms with Gasteiger partial charge in [-0.15, -0.1) is 0 Å². The summed E-state index contributed by atoms with van der Waals surface area (Å²) in [6, 6.07) is 1.38. The van der Waals surface area contributed by atoms with Gasteiger partial charge in [0.2, 0.25) is 5.12 Å². The third-order valence-corrected chi connectivity index (χ3v) is 5.62. The molecule has 0 N–H and O–H groups in total. The van der Waals surface area contributed by atoms with Gasteiger partial charge in [-0.05, 0) is 38.7 Å². The average Bonchev–Trinajstić information content (AvgIpc) is 2.93. The second-order valence-electron chi connectivity index (χ2n) is 6.58. The number of imide groups is 1. The molecule has 0 unspecified atom stereocenters. The van der Waals surface area contributed by atoms with E-state index in [1.807, 2.05) is 0 Å². The standard InChI is InChI=1S/C20H19F2NO5S/c1-2-28-17(24)7-8-29-20(27)13-9-16(15(22)10-14(13)21)23-18(25)11-5-3-4-6-12(11)19(23)26/h9-10H,2-8H2,1H3. The molecule has 1 aromatic rings. The molecule has 0 spiro atoms. The number of halogens is 2. The van der Waals surface area contributed by atoms with Crippen LogP contribution in [0.3, 0.4) is 0 Å². The highest BCUT2D eigenvalue weighted by atomic mass is 32.2. The van der Waals surface area contributed by atoms with E-state index in [9.17, 15) is 28.0 Å². The molecule has 1 heterocycles. The molecule has 0 aromatic heterocycles. The van der Waals surface area contributed by atoms with Crippen LogP contribution in [0.5, 0.6) is 0 Å². The first kappa shape index (κ1) is 21.2. The minimum absolute atomic E-state index is 0.0420. The number of hydrogen-bond acceptors (Lipinski definition) is 6. The Balaban J connectivity index is 1.81. The molecule has 0 saturated carbocycles. The first-order valence-corrected chi connectivity index (χ1v) is 10.3. The van der Waals surface area contributed by atoms with Crippen molar-refractivity contribution in [3.8, 4) is 0 Å². The van der Waals surface area contributed by atoms with Gasteiger partial charge in [0.15, 0.2) is 0 Å². The lowest BCUT2D eigenvalue weighted by atomic mass is 9.93. The van der Waals surface area contributed by atoms with Crippen LogP contribution in [0.2, 0.25) is 0 Å². The fraction of sp³-hybridized carbons (Fsp3) is 0.400. The zero-order chi connectivity index (χ0) is 21.1. The lowest BCUT2D eigenvalue weighted by Crippen LogP contribution is -2.32. The molecule has 1 aromatic carbocycles. The predicted octanol–water partition coefficient (Wildman–Crippen LogP) is 3.54. The van der Waals surface area contributed by atoms with Crippen LogP contribution in [0.25, 0.3) is 0 Å². The number of esters is 1. The van der Waals surface area contributed by atoms with Crippen molar-refractivity contribution < 1.29 is 32.7 Å². The van der Waals surface area contributed by atoms with E-state index in [0.717, 1.165) is 18.9 Å². The number of carbonyl (C=O) groups is 4. The van der Waals surface area contributed by atoms with Gasteiger partial charge in [-0.25, -0.2) is 13.7 Å². The second kappa shape index (κ2) is 8.86. The third kappa shape index (κ3) is 4.24. The summed E-state index contributed by atoms with van der Waals surface area (Å²) in [7, 11) is 0. The van der Waals surface area contributed by atoms with E-state index in [-0.39, 0.29) is 18.8 Å². The molecule has 1 aliphatic heterocycles. The Bertz CT molecular complexity index is 900. The number of nitrogens with zero attached hydrogens (tertiary/aromatic N) is 1. The van der Waals surface area contributed by atoms with E-state index in [0.29, 0.717) is 46.7 Å². The number of ether oxygens (including phenoxy) is 1. The highest BCUT2D eigenvalue weighted by Gasteiger charge is 2.41. The zero-order valence-corrected chi connectivity index (χ0v) is 16.6. The summed E-state index contributed by atoms with van der Waals surface area (Å²) in [6.45, 7) is 1.86. The molecule has 29 heavy (non-hydrogen) atoms. The van der Waals surface area contributed by atoms with Gasteiger partial charge in [-0.2, -0.15) is 0 Å². The summed E-state index contributed by atoms with van der Waals surface area (Å²) in [5, 5.41) is -0.732. The maximum absolute atomic E-state index is 14.4. The number of carbonyl (C=O) groups excluding carboxylic acids is 4. The van der Waals surface area contributed by atoms with Crippen LogP contribution in [-0.4, -0.2) is 35.3 Å². The number of hydrogen-bond donors (Lipinski definition) is 0. The molecule has 0 atom stereocenters. The summed E-state index contributed by atoms with van der Waals surface area (Å²) < 4.78 is 33.4. The minimum Gasteiger partial charge on any atom is -0.466 e. The first-order chi connectivity index (χ1) is 13.8. The Kier molecular flexibility index (Phi) is 6.46. The van der Waals surface area contributed by atoms with Crippen molar-refractivity contribution >= 4 is 40.3 Å². The Morgan fingerprint density at radius 3 is 2.28 bits per heavy atom. The molecular formula is C20H19F2NO5S. The number of anilines is 1. The van der Waals surface area contributed by atoms with E-state index in [2.05, 4.69) is 0 Å². The number of amides is 2. The van der Waals surface area contributed by atoms with Crippen LogP contribution in [0.4, 0.5) is 14.5 Å². The van der Waals surface area contributed by atoms with Crippen molar-refractivity contribution in [3.05, 3.63) is 40.5 Å². The smallest absolute Gasteiger partial charge is 0.306 e. The van der Waals surface area contributed by atoms with Gasteiger partial charge in [-0.1, -0.05) is 11.8 Å². The predicted molar refractivity (Wildman–Crippen MR) is 102 cm³/mol. The molecule has 6 nitrogen and oxygen atoms in total. The molecular weight excluding hydrogens is 404 g/mol. The van der Waals surface area contributed by atoms with E-state index in [4.69, 9.17) is 4.74 Å². The first-order valence-electron chi connectivity index (χ1n) is 9.27. The molecule has 0 saturated heterocycles. The maximum Gasteiger partial charge on any atom is 0.306 e. The minimum atomic E-state index is -1.10. The Hall–Kier alpha value is -2.55. The molecule has 1 aliphatic carbocycles. The lowest BCUT2D eigenvalue weighted by Gasteiger charge is -2.17. The quantitative estimate of drug-likeness (QED) is 0.514. The number of benzene rings is 1. The van der Waals surface area contributed by atoms with Gasteiger partial charge in [0.1, 0.15) is 11.6 Å². The number of thioether (sulfide) groups is 1. The van der Waals surface area contributed by atoms with Crippen molar-refractivity contribution in [2.45, 2.75) is 39.0 Å². The van der Waals surface area contributed by atoms with Crippen LogP contribution in [0.15, 0.2) is 23.3 Å². The largest absolute Gasteiger partial charge is 0.466 e. The summed E-state index contributed by atoms with van der Waals surface area (Å²) in [4.78, 5) is 49.6. The van der Waals surface area contributed by atoms with Crippen LogP contribution in [0, 0.1) is 11.6 Å². The van der Waals surface area contributed by atoms with Crippen molar-refractivity contribution in [3.63, 3.8) is 0 Å². The van der Waals surface area contributed by atoms with Gasteiger partial charge in [-0.3, -0.25) is 19.2 Å². The van der Waals surface area contributed by atoms with E-state index in [1.54, 1.807) is 6.92 Å². The summed E-state index contributed by atoms with van der Waals surface area (Å²) in [6.07, 6.45) is 2.36. The lowest BCUT2D eigenvalue weighted by molar-refractivity contribution is -0.142. The normalized spacial score (nSPS) is 16.3. The van der Waals surface area contributed by atoms with Crippen LogP contribution in [-0.2, 0) is 19.1 Å². The van der Waals surface area contributed by atoms with Crippen molar-refractivity contribution in [1.82, 2.24) is 0 Å². The van der Waals surface area contributed by atoms with Crippen molar-refractivity contribution in [1.29, 1.82) is 0 Å². The Labute approximate surface area is 170 Å². The van der Waals surface area contributed by atoms with Gasteiger partial charge in [0, 0.05) is 23.0 Å².